The van der Waals surface area contributed by atoms with Gasteiger partial charge in [-0.15, -0.1) is 0 Å². The molecular formula is C26H38N2O3S. The van der Waals surface area contributed by atoms with Crippen molar-refractivity contribution in [3.63, 3.8) is 0 Å². The molecule has 0 aliphatic carbocycles. The summed E-state index contributed by atoms with van der Waals surface area (Å²) in [5.74, 6) is 0.0691. The lowest BCUT2D eigenvalue weighted by atomic mass is 10.0. The Bertz CT molecular complexity index is 923. The van der Waals surface area contributed by atoms with Crippen LogP contribution in [0.1, 0.15) is 103 Å². The van der Waals surface area contributed by atoms with E-state index in [0.29, 0.717) is 23.1 Å². The fraction of sp³-hybridized carbons (Fsp3) is 0.577. The standard InChI is InChI=1S/C26H38N2O3S/c1-2-3-4-5-6-7-8-9-10-11-12-13-14-18-24(30)28-21-17-15-16-20-22(29)19-23(26(27)32)31-25(20)21/h15-17,19H,2-14,18H2,1H3,(H2,27,32)(H,28,30). The summed E-state index contributed by atoms with van der Waals surface area (Å²) in [7, 11) is 0. The third kappa shape index (κ3) is 9.11. The van der Waals surface area contributed by atoms with Crippen molar-refractivity contribution in [3.05, 3.63) is 40.2 Å². The Morgan fingerprint density at radius 3 is 2.06 bits per heavy atom. The Hall–Kier alpha value is -2.21. The van der Waals surface area contributed by atoms with Crippen LogP contribution < -0.4 is 16.5 Å². The molecule has 3 N–H and O–H groups in total. The zero-order chi connectivity index (χ0) is 23.2. The van der Waals surface area contributed by atoms with E-state index in [4.69, 9.17) is 22.4 Å². The minimum Gasteiger partial charge on any atom is -0.451 e. The molecule has 1 heterocycles. The number of para-hydroxylation sites is 1. The molecule has 5 nitrogen and oxygen atoms in total. The highest BCUT2D eigenvalue weighted by Gasteiger charge is 2.12. The Labute approximate surface area is 197 Å². The van der Waals surface area contributed by atoms with Gasteiger partial charge in [0.15, 0.2) is 16.8 Å². The molecule has 0 saturated heterocycles. The van der Waals surface area contributed by atoms with Gasteiger partial charge >= 0.3 is 0 Å². The molecule has 1 aromatic carbocycles. The van der Waals surface area contributed by atoms with E-state index in [9.17, 15) is 9.59 Å². The number of nitrogens with two attached hydrogens (primary N) is 1. The molecule has 6 heteroatoms. The summed E-state index contributed by atoms with van der Waals surface area (Å²) in [5.41, 5.74) is 6.14. The van der Waals surface area contributed by atoms with Gasteiger partial charge in [0.2, 0.25) is 5.91 Å². The molecule has 0 atom stereocenters. The van der Waals surface area contributed by atoms with Crippen LogP contribution in [0.3, 0.4) is 0 Å². The molecule has 0 unspecified atom stereocenters. The first-order chi connectivity index (χ1) is 15.5. The maximum Gasteiger partial charge on any atom is 0.224 e. The van der Waals surface area contributed by atoms with Crippen molar-refractivity contribution in [2.75, 3.05) is 5.32 Å². The maximum absolute atomic E-state index is 12.4. The Balaban J connectivity index is 1.64. The number of amides is 1. The minimum atomic E-state index is -0.235. The summed E-state index contributed by atoms with van der Waals surface area (Å²) < 4.78 is 5.68. The third-order valence-corrected chi connectivity index (χ3v) is 5.98. The molecule has 2 aromatic rings. The van der Waals surface area contributed by atoms with Gasteiger partial charge in [0.25, 0.3) is 0 Å². The molecule has 0 bridgehead atoms. The number of benzene rings is 1. The van der Waals surface area contributed by atoms with Crippen LogP contribution in [0, 0.1) is 0 Å². The normalized spacial score (nSPS) is 11.0. The molecule has 176 valence electrons. The largest absolute Gasteiger partial charge is 0.451 e. The molecule has 0 aliphatic heterocycles. The predicted molar refractivity (Wildman–Crippen MR) is 137 cm³/mol. The molecule has 0 fully saturated rings. The molecule has 1 amide bonds. The fourth-order valence-corrected chi connectivity index (χ4v) is 4.01. The zero-order valence-corrected chi connectivity index (χ0v) is 20.2. The first kappa shape index (κ1) is 26.0. The van der Waals surface area contributed by atoms with Crippen LogP contribution in [-0.2, 0) is 4.79 Å². The van der Waals surface area contributed by atoms with E-state index in [-0.39, 0.29) is 22.1 Å². The second kappa shape index (κ2) is 14.8. The minimum absolute atomic E-state index is 0.0112. The van der Waals surface area contributed by atoms with Crippen molar-refractivity contribution in [1.82, 2.24) is 0 Å². The van der Waals surface area contributed by atoms with Crippen LogP contribution in [0.2, 0.25) is 0 Å². The molecule has 1 aromatic heterocycles. The molecule has 0 radical (unpaired) electrons. The number of carbonyl (C=O) groups is 1. The van der Waals surface area contributed by atoms with Gasteiger partial charge < -0.3 is 15.5 Å². The fourth-order valence-electron chi connectivity index (χ4n) is 3.91. The highest BCUT2D eigenvalue weighted by atomic mass is 32.1. The number of thiocarbonyl (C=S) groups is 1. The molecule has 0 aliphatic rings. The maximum atomic E-state index is 12.4. The quantitative estimate of drug-likeness (QED) is 0.212. The van der Waals surface area contributed by atoms with E-state index in [2.05, 4.69) is 12.2 Å². The van der Waals surface area contributed by atoms with Gasteiger partial charge in [0.05, 0.1) is 11.1 Å². The first-order valence-corrected chi connectivity index (χ1v) is 12.6. The average molecular weight is 459 g/mol. The summed E-state index contributed by atoms with van der Waals surface area (Å²) in [6.07, 6.45) is 17.0. The average Bonchev–Trinajstić information content (AvgIpc) is 2.77. The van der Waals surface area contributed by atoms with Crippen molar-refractivity contribution in [2.45, 2.75) is 96.8 Å². The van der Waals surface area contributed by atoms with Gasteiger partial charge in [-0.25, -0.2) is 0 Å². The van der Waals surface area contributed by atoms with Gasteiger partial charge in [0.1, 0.15) is 4.99 Å². The van der Waals surface area contributed by atoms with Crippen molar-refractivity contribution in [1.29, 1.82) is 0 Å². The molecule has 2 rings (SSSR count). The van der Waals surface area contributed by atoms with Crippen LogP contribution >= 0.6 is 12.2 Å². The second-order valence-electron chi connectivity index (χ2n) is 8.56. The highest BCUT2D eigenvalue weighted by Crippen LogP contribution is 2.23. The van der Waals surface area contributed by atoms with Crippen molar-refractivity contribution < 1.29 is 9.21 Å². The molecular weight excluding hydrogens is 420 g/mol. The third-order valence-electron chi connectivity index (χ3n) is 5.78. The van der Waals surface area contributed by atoms with Gasteiger partial charge in [-0.3, -0.25) is 9.59 Å². The number of anilines is 1. The zero-order valence-electron chi connectivity index (χ0n) is 19.4. The van der Waals surface area contributed by atoms with Crippen LogP contribution in [0.15, 0.2) is 33.5 Å². The lowest BCUT2D eigenvalue weighted by molar-refractivity contribution is -0.116. The van der Waals surface area contributed by atoms with E-state index in [1.54, 1.807) is 18.2 Å². The summed E-state index contributed by atoms with van der Waals surface area (Å²) in [4.78, 5) is 24.7. The molecule has 0 spiro atoms. The van der Waals surface area contributed by atoms with E-state index >= 15 is 0 Å². The Kier molecular flexibility index (Phi) is 12.0. The predicted octanol–water partition coefficient (Wildman–Crippen LogP) is 6.85. The number of unbranched alkanes of at least 4 members (excludes halogenated alkanes) is 12. The van der Waals surface area contributed by atoms with Crippen molar-refractivity contribution in [2.24, 2.45) is 5.73 Å². The Morgan fingerprint density at radius 1 is 0.938 bits per heavy atom. The lowest BCUT2D eigenvalue weighted by Crippen LogP contribution is -2.15. The smallest absolute Gasteiger partial charge is 0.224 e. The number of hydrogen-bond acceptors (Lipinski definition) is 4. The van der Waals surface area contributed by atoms with Crippen LogP contribution in [0.25, 0.3) is 11.0 Å². The van der Waals surface area contributed by atoms with E-state index in [1.165, 1.54) is 76.7 Å². The van der Waals surface area contributed by atoms with Crippen LogP contribution in [-0.4, -0.2) is 10.9 Å². The monoisotopic (exact) mass is 458 g/mol. The summed E-state index contributed by atoms with van der Waals surface area (Å²) >= 11 is 4.91. The lowest BCUT2D eigenvalue weighted by Gasteiger charge is -2.09. The van der Waals surface area contributed by atoms with Gasteiger partial charge in [-0.05, 0) is 18.6 Å². The topological polar surface area (TPSA) is 85.3 Å². The highest BCUT2D eigenvalue weighted by molar-refractivity contribution is 7.80. The first-order valence-electron chi connectivity index (χ1n) is 12.2. The SMILES string of the molecule is CCCCCCCCCCCCCCCC(=O)Nc1cccc2c(=O)cc(C(N)=S)oc12. The number of fused-ring (bicyclic) bond motifs is 1. The van der Waals surface area contributed by atoms with Gasteiger partial charge in [0, 0.05) is 12.5 Å². The molecule has 0 saturated carbocycles. The summed E-state index contributed by atoms with van der Waals surface area (Å²) in [5, 5.41) is 3.26. The number of carbonyl (C=O) groups excluding carboxylic acids is 1. The summed E-state index contributed by atoms with van der Waals surface area (Å²) in [6, 6.07) is 6.38. The van der Waals surface area contributed by atoms with Gasteiger partial charge in [-0.2, -0.15) is 0 Å². The Morgan fingerprint density at radius 2 is 1.50 bits per heavy atom. The van der Waals surface area contributed by atoms with Crippen molar-refractivity contribution >= 4 is 39.8 Å². The van der Waals surface area contributed by atoms with E-state index < -0.39 is 0 Å². The van der Waals surface area contributed by atoms with Crippen LogP contribution in [0.4, 0.5) is 5.69 Å². The summed E-state index contributed by atoms with van der Waals surface area (Å²) in [6.45, 7) is 2.26. The van der Waals surface area contributed by atoms with Crippen LogP contribution in [0.5, 0.6) is 0 Å². The molecule has 32 heavy (non-hydrogen) atoms. The second-order valence-corrected chi connectivity index (χ2v) is 9.00. The van der Waals surface area contributed by atoms with Gasteiger partial charge in [-0.1, -0.05) is 102 Å². The number of rotatable bonds is 16. The van der Waals surface area contributed by atoms with E-state index in [0.717, 1.165) is 12.8 Å². The van der Waals surface area contributed by atoms with E-state index in [1.807, 2.05) is 0 Å². The van der Waals surface area contributed by atoms with Crippen molar-refractivity contribution in [3.8, 4) is 0 Å². The number of nitrogens with one attached hydrogen (secondary N) is 1. The number of hydrogen-bond donors (Lipinski definition) is 2.